The molecule has 0 amide bonds. The van der Waals surface area contributed by atoms with Crippen LogP contribution in [0.5, 0.6) is 0 Å². The van der Waals surface area contributed by atoms with Crippen LogP contribution in [0.4, 0.5) is 11.4 Å². The van der Waals surface area contributed by atoms with E-state index in [-0.39, 0.29) is 0 Å². The quantitative estimate of drug-likeness (QED) is 0.173. The van der Waals surface area contributed by atoms with Crippen LogP contribution in [0.25, 0.3) is 82.5 Å². The van der Waals surface area contributed by atoms with Gasteiger partial charge in [-0.2, -0.15) is 20.5 Å². The second-order valence-corrected chi connectivity index (χ2v) is 11.6. The lowest BCUT2D eigenvalue weighted by molar-refractivity contribution is 0.953. The molecule has 2 aromatic heterocycles. The molecule has 0 atom stereocenters. The third kappa shape index (κ3) is 5.02. The number of benzene rings is 6. The Bertz CT molecular complexity index is 2590. The summed E-state index contributed by atoms with van der Waals surface area (Å²) in [6, 6.07) is 45.7. The van der Waals surface area contributed by atoms with Gasteiger partial charge in [-0.25, -0.2) is 14.7 Å². The molecule has 0 unspecified atom stereocenters. The lowest BCUT2D eigenvalue weighted by Gasteiger charge is -2.12. The Labute approximate surface area is 293 Å². The van der Waals surface area contributed by atoms with Crippen LogP contribution in [0.15, 0.2) is 133 Å². The molecule has 8 heteroatoms. The summed E-state index contributed by atoms with van der Waals surface area (Å²) >= 11 is 0. The van der Waals surface area contributed by atoms with Crippen LogP contribution in [-0.4, -0.2) is 19.5 Å². The van der Waals surface area contributed by atoms with Crippen molar-refractivity contribution in [3.05, 3.63) is 167 Å². The molecule has 2 heterocycles. The van der Waals surface area contributed by atoms with Gasteiger partial charge in [0.05, 0.1) is 36.3 Å². The monoisotopic (exact) mass is 650 g/mol. The maximum absolute atomic E-state index is 10.3. The Hall–Kier alpha value is -7.91. The molecule has 8 nitrogen and oxygen atoms in total. The molecule has 0 radical (unpaired) electrons. The molecule has 0 spiro atoms. The zero-order valence-electron chi connectivity index (χ0n) is 26.8. The van der Waals surface area contributed by atoms with Gasteiger partial charge in [0.1, 0.15) is 0 Å². The fourth-order valence-electron chi connectivity index (χ4n) is 6.66. The van der Waals surface area contributed by atoms with E-state index in [0.29, 0.717) is 73.4 Å². The molecular formula is C43H22N8. The molecular weight excluding hydrogens is 629 g/mol. The average Bonchev–Trinajstić information content (AvgIpc) is 3.55. The fraction of sp³-hybridized carbons (Fsp3) is 0. The minimum Gasteiger partial charge on any atom is -0.278 e. The summed E-state index contributed by atoms with van der Waals surface area (Å²) in [6.07, 6.45) is 0. The van der Waals surface area contributed by atoms with Crippen LogP contribution >= 0.6 is 0 Å². The van der Waals surface area contributed by atoms with E-state index in [4.69, 9.17) is 28.1 Å². The van der Waals surface area contributed by atoms with Gasteiger partial charge in [0.15, 0.2) is 23.0 Å². The molecule has 8 aromatic rings. The SMILES string of the molecule is [C-]#[N+]c1cccc(C#N)c1-c1cccc2c1c1c(-c3c(C#N)cccc3[N+]#[C-])cccc1n2-c1nc(-c2ccccc2)nc(-c2ccccc2)n1. The predicted molar refractivity (Wildman–Crippen MR) is 198 cm³/mol. The Morgan fingerprint density at radius 2 is 0.922 bits per heavy atom. The van der Waals surface area contributed by atoms with E-state index in [1.807, 2.05) is 102 Å². The zero-order valence-corrected chi connectivity index (χ0v) is 26.8. The van der Waals surface area contributed by atoms with Gasteiger partial charge < -0.3 is 0 Å². The topological polar surface area (TPSA) is 99.9 Å². The van der Waals surface area contributed by atoms with Crippen LogP contribution in [-0.2, 0) is 0 Å². The zero-order chi connectivity index (χ0) is 34.9. The second kappa shape index (κ2) is 12.6. The van der Waals surface area contributed by atoms with Gasteiger partial charge in [-0.15, -0.1) is 0 Å². The van der Waals surface area contributed by atoms with Crippen molar-refractivity contribution >= 4 is 33.2 Å². The maximum Gasteiger partial charge on any atom is 0.238 e. The van der Waals surface area contributed by atoms with Gasteiger partial charge in [-0.3, -0.25) is 4.57 Å². The molecule has 8 rings (SSSR count). The first-order valence-corrected chi connectivity index (χ1v) is 15.9. The van der Waals surface area contributed by atoms with Gasteiger partial charge >= 0.3 is 0 Å². The third-order valence-electron chi connectivity index (χ3n) is 8.81. The van der Waals surface area contributed by atoms with Crippen molar-refractivity contribution in [2.45, 2.75) is 0 Å². The molecule has 0 aliphatic heterocycles. The fourth-order valence-corrected chi connectivity index (χ4v) is 6.66. The summed E-state index contributed by atoms with van der Waals surface area (Å²) in [7, 11) is 0. The van der Waals surface area contributed by atoms with Crippen molar-refractivity contribution in [2.75, 3.05) is 0 Å². The highest BCUT2D eigenvalue weighted by Gasteiger charge is 2.25. The summed E-state index contributed by atoms with van der Waals surface area (Å²) in [5, 5.41) is 22.0. The molecule has 234 valence electrons. The van der Waals surface area contributed by atoms with E-state index < -0.39 is 0 Å². The highest BCUT2D eigenvalue weighted by Crippen LogP contribution is 2.47. The highest BCUT2D eigenvalue weighted by atomic mass is 15.2. The van der Waals surface area contributed by atoms with Crippen molar-refractivity contribution in [3.63, 3.8) is 0 Å². The summed E-state index contributed by atoms with van der Waals surface area (Å²) in [5.74, 6) is 1.32. The van der Waals surface area contributed by atoms with Gasteiger partial charge in [0, 0.05) is 44.2 Å². The average molecular weight is 651 g/mol. The highest BCUT2D eigenvalue weighted by molar-refractivity contribution is 6.22. The number of hydrogen-bond donors (Lipinski definition) is 0. The Balaban J connectivity index is 1.58. The minimum atomic E-state index is 0.331. The van der Waals surface area contributed by atoms with Gasteiger partial charge in [-0.1, -0.05) is 109 Å². The van der Waals surface area contributed by atoms with Crippen molar-refractivity contribution in [3.8, 4) is 63.1 Å². The summed E-state index contributed by atoms with van der Waals surface area (Å²) in [4.78, 5) is 22.6. The lowest BCUT2D eigenvalue weighted by Crippen LogP contribution is -2.06. The van der Waals surface area contributed by atoms with E-state index in [1.165, 1.54) is 0 Å². The van der Waals surface area contributed by atoms with Crippen LogP contribution < -0.4 is 0 Å². The molecule has 0 saturated heterocycles. The van der Waals surface area contributed by atoms with Crippen LogP contribution in [0.3, 0.4) is 0 Å². The molecule has 0 fully saturated rings. The summed E-state index contributed by atoms with van der Waals surface area (Å²) < 4.78 is 1.96. The largest absolute Gasteiger partial charge is 0.278 e. The molecule has 0 bridgehead atoms. The van der Waals surface area contributed by atoms with Crippen molar-refractivity contribution in [1.82, 2.24) is 19.5 Å². The Morgan fingerprint density at radius 3 is 1.33 bits per heavy atom. The number of rotatable bonds is 5. The Morgan fingerprint density at radius 1 is 0.490 bits per heavy atom. The van der Waals surface area contributed by atoms with E-state index in [0.717, 1.165) is 21.9 Å². The smallest absolute Gasteiger partial charge is 0.238 e. The van der Waals surface area contributed by atoms with Crippen molar-refractivity contribution < 1.29 is 0 Å². The van der Waals surface area contributed by atoms with E-state index in [2.05, 4.69) is 21.8 Å². The first-order chi connectivity index (χ1) is 25.1. The standard InChI is InChI=1S/C43H22N8/c1-46-33-21-9-17-29(25-44)37(33)31-19-11-23-35-39(31)40-32(38-30(26-45)18-10-22-34(38)47-2)20-12-24-36(40)51(35)43-49-41(27-13-5-3-6-14-27)48-42(50-43)28-15-7-4-8-16-28/h3-24H. The minimum absolute atomic E-state index is 0.331. The number of nitriles is 2. The van der Waals surface area contributed by atoms with Gasteiger partial charge in [-0.05, 0) is 35.4 Å². The predicted octanol–water partition coefficient (Wildman–Crippen LogP) is 10.5. The molecule has 0 aliphatic carbocycles. The molecule has 0 saturated carbocycles. The lowest BCUT2D eigenvalue weighted by atomic mass is 9.90. The number of hydrogen-bond acceptors (Lipinski definition) is 5. The molecule has 51 heavy (non-hydrogen) atoms. The number of aromatic nitrogens is 4. The van der Waals surface area contributed by atoms with Crippen molar-refractivity contribution in [2.24, 2.45) is 0 Å². The van der Waals surface area contributed by atoms with E-state index >= 15 is 0 Å². The molecule has 6 aromatic carbocycles. The van der Waals surface area contributed by atoms with Gasteiger partial charge in [0.25, 0.3) is 0 Å². The number of nitrogens with zero attached hydrogens (tertiary/aromatic N) is 8. The summed E-state index contributed by atoms with van der Waals surface area (Å²) in [5.41, 5.74) is 6.73. The normalized spacial score (nSPS) is 10.7. The third-order valence-corrected chi connectivity index (χ3v) is 8.81. The van der Waals surface area contributed by atoms with Crippen LogP contribution in [0.2, 0.25) is 0 Å². The number of fused-ring (bicyclic) bond motifs is 3. The van der Waals surface area contributed by atoms with E-state index in [9.17, 15) is 10.5 Å². The van der Waals surface area contributed by atoms with Crippen molar-refractivity contribution in [1.29, 1.82) is 10.5 Å². The van der Waals surface area contributed by atoms with Crippen LogP contribution in [0.1, 0.15) is 11.1 Å². The summed E-state index contributed by atoms with van der Waals surface area (Å²) in [6.45, 7) is 16.0. The molecule has 0 N–H and O–H groups in total. The maximum atomic E-state index is 10.3. The van der Waals surface area contributed by atoms with Gasteiger partial charge in [0.2, 0.25) is 5.95 Å². The second-order valence-electron chi connectivity index (χ2n) is 11.6. The van der Waals surface area contributed by atoms with E-state index in [1.54, 1.807) is 36.4 Å². The van der Waals surface area contributed by atoms with Crippen LogP contribution in [0, 0.1) is 35.8 Å². The first-order valence-electron chi connectivity index (χ1n) is 15.9. The first kappa shape index (κ1) is 30.4. The Kier molecular flexibility index (Phi) is 7.52. The molecule has 0 aliphatic rings.